The summed E-state index contributed by atoms with van der Waals surface area (Å²) in [5, 5.41) is 6.85. The number of piperazine rings is 1. The van der Waals surface area contributed by atoms with Crippen molar-refractivity contribution in [2.75, 3.05) is 31.6 Å². The van der Waals surface area contributed by atoms with Gasteiger partial charge in [-0.25, -0.2) is 0 Å². The number of benzene rings is 2. The van der Waals surface area contributed by atoms with Gasteiger partial charge < -0.3 is 20.3 Å². The van der Waals surface area contributed by atoms with Crippen molar-refractivity contribution < 1.29 is 4.74 Å². The molecule has 2 aromatic carbocycles. The number of anilines is 1. The van der Waals surface area contributed by atoms with Crippen LogP contribution in [0.15, 0.2) is 54.6 Å². The summed E-state index contributed by atoms with van der Waals surface area (Å²) in [6.07, 6.45) is 0.978. The highest BCUT2D eigenvalue weighted by Gasteiger charge is 2.24. The maximum absolute atomic E-state index is 6.56. The summed E-state index contributed by atoms with van der Waals surface area (Å²) in [6.45, 7) is 7.40. The van der Waals surface area contributed by atoms with Gasteiger partial charge in [0.1, 0.15) is 11.9 Å². The minimum atomic E-state index is 0.0440. The molecule has 0 amide bonds. The van der Waals surface area contributed by atoms with Crippen LogP contribution in [0.1, 0.15) is 31.9 Å². The fraction of sp³-hybridized carbons (Fsp3) is 0.455. The van der Waals surface area contributed by atoms with Crippen LogP contribution in [0.25, 0.3) is 0 Å². The van der Waals surface area contributed by atoms with Crippen LogP contribution >= 0.6 is 0 Å². The SMILES string of the molecule is CNCCC(Oc1ccccc1N1C[C@@H](C)N[C@@H](C)C1)c1ccccc1. The van der Waals surface area contributed by atoms with E-state index in [0.29, 0.717) is 12.1 Å². The zero-order valence-corrected chi connectivity index (χ0v) is 16.1. The van der Waals surface area contributed by atoms with Crippen molar-refractivity contribution >= 4 is 5.69 Å². The van der Waals surface area contributed by atoms with Crippen molar-refractivity contribution in [3.63, 3.8) is 0 Å². The maximum atomic E-state index is 6.56. The van der Waals surface area contributed by atoms with Gasteiger partial charge in [0, 0.05) is 31.6 Å². The summed E-state index contributed by atoms with van der Waals surface area (Å²) in [5.41, 5.74) is 2.41. The second kappa shape index (κ2) is 9.06. The number of ether oxygens (including phenoxy) is 1. The third-order valence-electron chi connectivity index (χ3n) is 4.86. The minimum Gasteiger partial charge on any atom is -0.484 e. The van der Waals surface area contributed by atoms with E-state index in [4.69, 9.17) is 4.74 Å². The van der Waals surface area contributed by atoms with E-state index < -0.39 is 0 Å². The summed E-state index contributed by atoms with van der Waals surface area (Å²) in [4.78, 5) is 2.45. The summed E-state index contributed by atoms with van der Waals surface area (Å²) in [6, 6.07) is 19.9. The minimum absolute atomic E-state index is 0.0440. The molecule has 0 radical (unpaired) electrons. The van der Waals surface area contributed by atoms with Crippen LogP contribution in [-0.4, -0.2) is 38.8 Å². The normalized spacial score (nSPS) is 21.4. The standard InChI is InChI=1S/C22H31N3O/c1-17-15-25(16-18(2)24-17)20-11-7-8-12-22(20)26-21(13-14-23-3)19-9-5-4-6-10-19/h4-12,17-18,21,23-24H,13-16H2,1-3H3/t17-,18+,21?. The molecular formula is C22H31N3O. The lowest BCUT2D eigenvalue weighted by atomic mass is 10.1. The van der Waals surface area contributed by atoms with Crippen LogP contribution in [0.5, 0.6) is 5.75 Å². The third-order valence-corrected chi connectivity index (χ3v) is 4.86. The highest BCUT2D eigenvalue weighted by Crippen LogP contribution is 2.34. The van der Waals surface area contributed by atoms with Gasteiger partial charge in [0.25, 0.3) is 0 Å². The lowest BCUT2D eigenvalue weighted by Gasteiger charge is -2.38. The highest BCUT2D eigenvalue weighted by atomic mass is 16.5. The first-order valence-electron chi connectivity index (χ1n) is 9.63. The predicted molar refractivity (Wildman–Crippen MR) is 109 cm³/mol. The molecule has 1 heterocycles. The van der Waals surface area contributed by atoms with Crippen molar-refractivity contribution in [1.29, 1.82) is 0 Å². The molecule has 1 fully saturated rings. The van der Waals surface area contributed by atoms with Gasteiger partial charge in [-0.05, 0) is 45.1 Å². The van der Waals surface area contributed by atoms with Crippen LogP contribution in [0, 0.1) is 0 Å². The van der Waals surface area contributed by atoms with Crippen molar-refractivity contribution in [2.24, 2.45) is 0 Å². The number of para-hydroxylation sites is 2. The van der Waals surface area contributed by atoms with Crippen molar-refractivity contribution in [3.05, 3.63) is 60.2 Å². The molecule has 1 aliphatic rings. The molecule has 0 aromatic heterocycles. The molecule has 0 aliphatic carbocycles. The second-order valence-electron chi connectivity index (χ2n) is 7.25. The van der Waals surface area contributed by atoms with E-state index in [1.54, 1.807) is 0 Å². The van der Waals surface area contributed by atoms with Crippen molar-refractivity contribution in [3.8, 4) is 5.75 Å². The first kappa shape index (κ1) is 18.7. The molecule has 4 nitrogen and oxygen atoms in total. The number of nitrogens with one attached hydrogen (secondary N) is 2. The summed E-state index contributed by atoms with van der Waals surface area (Å²) < 4.78 is 6.56. The Labute approximate surface area is 157 Å². The number of hydrogen-bond acceptors (Lipinski definition) is 4. The van der Waals surface area contributed by atoms with Crippen LogP contribution in [0.2, 0.25) is 0 Å². The molecule has 1 saturated heterocycles. The van der Waals surface area contributed by atoms with Gasteiger partial charge in [-0.2, -0.15) is 0 Å². The van der Waals surface area contributed by atoms with Gasteiger partial charge in [-0.3, -0.25) is 0 Å². The number of nitrogens with zero attached hydrogens (tertiary/aromatic N) is 1. The molecule has 26 heavy (non-hydrogen) atoms. The Hall–Kier alpha value is -2.04. The fourth-order valence-corrected chi connectivity index (χ4v) is 3.73. The quantitative estimate of drug-likeness (QED) is 0.797. The molecule has 3 rings (SSSR count). The van der Waals surface area contributed by atoms with E-state index in [1.807, 2.05) is 7.05 Å². The highest BCUT2D eigenvalue weighted by molar-refractivity contribution is 5.59. The summed E-state index contributed by atoms with van der Waals surface area (Å²) >= 11 is 0. The molecular weight excluding hydrogens is 322 g/mol. The molecule has 0 bridgehead atoms. The average Bonchev–Trinajstić information content (AvgIpc) is 2.65. The van der Waals surface area contributed by atoms with E-state index >= 15 is 0 Å². The molecule has 2 N–H and O–H groups in total. The molecule has 140 valence electrons. The summed E-state index contributed by atoms with van der Waals surface area (Å²) in [5.74, 6) is 0.971. The molecule has 0 spiro atoms. The lowest BCUT2D eigenvalue weighted by Crippen LogP contribution is -2.54. The Balaban J connectivity index is 1.83. The number of hydrogen-bond donors (Lipinski definition) is 2. The van der Waals surface area contributed by atoms with Crippen molar-refractivity contribution in [2.45, 2.75) is 38.5 Å². The Bertz CT molecular complexity index is 666. The Morgan fingerprint density at radius 3 is 2.38 bits per heavy atom. The van der Waals surface area contributed by atoms with Gasteiger partial charge in [-0.15, -0.1) is 0 Å². The predicted octanol–water partition coefficient (Wildman–Crippen LogP) is 3.60. The molecule has 4 heteroatoms. The first-order chi connectivity index (χ1) is 12.7. The third kappa shape index (κ3) is 4.77. The van der Waals surface area contributed by atoms with Gasteiger partial charge in [0.15, 0.2) is 0 Å². The largest absolute Gasteiger partial charge is 0.484 e. The van der Waals surface area contributed by atoms with E-state index in [-0.39, 0.29) is 6.10 Å². The topological polar surface area (TPSA) is 36.5 Å². The lowest BCUT2D eigenvalue weighted by molar-refractivity contribution is 0.195. The zero-order chi connectivity index (χ0) is 18.4. The van der Waals surface area contributed by atoms with Crippen LogP contribution in [-0.2, 0) is 0 Å². The molecule has 2 aromatic rings. The van der Waals surface area contributed by atoms with Gasteiger partial charge in [0.2, 0.25) is 0 Å². The average molecular weight is 354 g/mol. The van der Waals surface area contributed by atoms with Crippen molar-refractivity contribution in [1.82, 2.24) is 10.6 Å². The van der Waals surface area contributed by atoms with Crippen LogP contribution < -0.4 is 20.3 Å². The van der Waals surface area contributed by atoms with Crippen LogP contribution in [0.4, 0.5) is 5.69 Å². The van der Waals surface area contributed by atoms with E-state index in [2.05, 4.69) is 84.0 Å². The zero-order valence-electron chi connectivity index (χ0n) is 16.1. The molecule has 3 atom stereocenters. The van der Waals surface area contributed by atoms with Crippen LogP contribution in [0.3, 0.4) is 0 Å². The molecule has 1 unspecified atom stereocenters. The summed E-state index contributed by atoms with van der Waals surface area (Å²) in [7, 11) is 1.99. The molecule has 0 saturated carbocycles. The maximum Gasteiger partial charge on any atom is 0.143 e. The monoisotopic (exact) mass is 353 g/mol. The van der Waals surface area contributed by atoms with Gasteiger partial charge in [0.05, 0.1) is 5.69 Å². The van der Waals surface area contributed by atoms with Gasteiger partial charge >= 0.3 is 0 Å². The first-order valence-corrected chi connectivity index (χ1v) is 9.63. The second-order valence-corrected chi connectivity index (χ2v) is 7.25. The van der Waals surface area contributed by atoms with E-state index in [0.717, 1.165) is 31.8 Å². The van der Waals surface area contributed by atoms with E-state index in [1.165, 1.54) is 11.3 Å². The number of rotatable bonds is 7. The van der Waals surface area contributed by atoms with Gasteiger partial charge in [-0.1, -0.05) is 42.5 Å². The Morgan fingerprint density at radius 1 is 1.04 bits per heavy atom. The Kier molecular flexibility index (Phi) is 6.53. The smallest absolute Gasteiger partial charge is 0.143 e. The van der Waals surface area contributed by atoms with E-state index in [9.17, 15) is 0 Å². The fourth-order valence-electron chi connectivity index (χ4n) is 3.73. The Morgan fingerprint density at radius 2 is 1.69 bits per heavy atom. The molecule has 1 aliphatic heterocycles.